The van der Waals surface area contributed by atoms with Crippen LogP contribution in [0.5, 0.6) is 5.75 Å². The average molecular weight is 793 g/mol. The molecule has 6 amide bonds. The van der Waals surface area contributed by atoms with Gasteiger partial charge >= 0.3 is 0 Å². The van der Waals surface area contributed by atoms with E-state index < -0.39 is 72.2 Å². The number of aryl methyl sites for hydroxylation is 1. The van der Waals surface area contributed by atoms with Crippen molar-refractivity contribution >= 4 is 47.2 Å². The number of nitrogens with one attached hydrogen (secondary N) is 5. The normalized spacial score (nSPS) is 21.9. The second kappa shape index (κ2) is 21.0. The number of rotatable bonds is 11. The van der Waals surface area contributed by atoms with Gasteiger partial charge in [0.1, 0.15) is 29.9 Å². The Morgan fingerprint density at radius 1 is 0.893 bits per heavy atom. The van der Waals surface area contributed by atoms with E-state index in [2.05, 4.69) is 36.7 Å². The number of thioether (sulfide) groups is 1. The van der Waals surface area contributed by atoms with Crippen molar-refractivity contribution in [3.63, 3.8) is 0 Å². The van der Waals surface area contributed by atoms with E-state index in [1.807, 2.05) is 48.7 Å². The number of hydrogen-bond acceptors (Lipinski definition) is 11. The number of amides is 6. The Labute approximate surface area is 331 Å². The lowest BCUT2D eigenvalue weighted by Gasteiger charge is -2.30. The first-order chi connectivity index (χ1) is 26.8. The standard InChI is InChI=1S/C39H52N8O8S/c1-23(2)34-39(53)43-29(18-19-56-6)38(52)41-25(4)36(50)42-27(20-26-12-8-7-9-13-26)21-47(22-31(48)40-24(3)37(51)45-34)33(49)17-16-32-44-35(46-55-32)28-14-10-11-15-30(28)54-5/h7-15,23-25,27,29,34H,16-22H2,1-6H3,(H,40,48)(H,41,52)(H,42,50)(H,43,53)(H,45,51)/t24-,25+,27-,29+,34+/m1/s1. The van der Waals surface area contributed by atoms with Gasteiger partial charge in [0.05, 0.1) is 25.3 Å². The molecule has 4 rings (SSSR count). The van der Waals surface area contributed by atoms with E-state index in [0.29, 0.717) is 17.1 Å². The molecule has 17 heteroatoms. The lowest BCUT2D eigenvalue weighted by Crippen LogP contribution is -2.60. The summed E-state index contributed by atoms with van der Waals surface area (Å²) in [7, 11) is 1.53. The van der Waals surface area contributed by atoms with Gasteiger partial charge in [0.15, 0.2) is 0 Å². The summed E-state index contributed by atoms with van der Waals surface area (Å²) in [6.45, 7) is 5.93. The van der Waals surface area contributed by atoms with Crippen molar-refractivity contribution in [2.24, 2.45) is 5.92 Å². The molecule has 56 heavy (non-hydrogen) atoms. The van der Waals surface area contributed by atoms with Crippen LogP contribution in [-0.2, 0) is 41.6 Å². The number of benzene rings is 2. The Kier molecular flexibility index (Phi) is 16.2. The zero-order valence-electron chi connectivity index (χ0n) is 32.6. The minimum absolute atomic E-state index is 0.0487. The van der Waals surface area contributed by atoms with Crippen LogP contribution in [-0.4, -0.2) is 113 Å². The van der Waals surface area contributed by atoms with Crippen LogP contribution in [0.3, 0.4) is 0 Å². The number of methoxy groups -OCH3 is 1. The molecule has 302 valence electrons. The van der Waals surface area contributed by atoms with Crippen molar-refractivity contribution in [2.45, 2.75) is 83.6 Å². The first-order valence-electron chi connectivity index (χ1n) is 18.6. The summed E-state index contributed by atoms with van der Waals surface area (Å²) >= 11 is 1.49. The van der Waals surface area contributed by atoms with Gasteiger partial charge in [-0.25, -0.2) is 0 Å². The Bertz CT molecular complexity index is 1820. The molecule has 16 nitrogen and oxygen atoms in total. The number of ether oxygens (including phenoxy) is 1. The van der Waals surface area contributed by atoms with Crippen molar-refractivity contribution in [2.75, 3.05) is 32.2 Å². The zero-order chi connectivity index (χ0) is 40.8. The van der Waals surface area contributed by atoms with Crippen LogP contribution < -0.4 is 31.3 Å². The third-order valence-electron chi connectivity index (χ3n) is 9.18. The van der Waals surface area contributed by atoms with Gasteiger partial charge in [0, 0.05) is 19.4 Å². The minimum atomic E-state index is -1.09. The maximum absolute atomic E-state index is 14.0. The highest BCUT2D eigenvalue weighted by atomic mass is 32.2. The molecule has 1 fully saturated rings. The number of para-hydroxylation sites is 1. The third-order valence-corrected chi connectivity index (χ3v) is 9.83. The van der Waals surface area contributed by atoms with Crippen molar-refractivity contribution in [3.05, 3.63) is 66.1 Å². The highest BCUT2D eigenvalue weighted by molar-refractivity contribution is 7.98. The summed E-state index contributed by atoms with van der Waals surface area (Å²) in [5, 5.41) is 17.8. The molecule has 5 atom stereocenters. The molecule has 1 saturated heterocycles. The lowest BCUT2D eigenvalue weighted by molar-refractivity contribution is -0.138. The zero-order valence-corrected chi connectivity index (χ0v) is 33.4. The smallest absolute Gasteiger partial charge is 0.243 e. The van der Waals surface area contributed by atoms with Crippen LogP contribution in [0.25, 0.3) is 11.4 Å². The number of carbonyl (C=O) groups excluding carboxylic acids is 6. The molecule has 5 N–H and O–H groups in total. The molecule has 2 heterocycles. The van der Waals surface area contributed by atoms with Gasteiger partial charge in [-0.15, -0.1) is 0 Å². The lowest BCUT2D eigenvalue weighted by atomic mass is 10.0. The Hall–Kier alpha value is -5.45. The number of carbonyl (C=O) groups is 6. The van der Waals surface area contributed by atoms with E-state index >= 15 is 0 Å². The average Bonchev–Trinajstić information content (AvgIpc) is 3.65. The number of hydrogen-bond donors (Lipinski definition) is 5. The van der Waals surface area contributed by atoms with E-state index in [9.17, 15) is 28.8 Å². The van der Waals surface area contributed by atoms with E-state index in [-0.39, 0.29) is 49.9 Å². The molecule has 3 aromatic rings. The van der Waals surface area contributed by atoms with Crippen LogP contribution in [0.4, 0.5) is 0 Å². The van der Waals surface area contributed by atoms with Gasteiger partial charge in [-0.3, -0.25) is 28.8 Å². The Morgan fingerprint density at radius 2 is 1.57 bits per heavy atom. The van der Waals surface area contributed by atoms with Gasteiger partial charge in [0.25, 0.3) is 0 Å². The number of aromatic nitrogens is 2. The SMILES string of the molecule is COc1ccccc1-c1noc(CCC(=O)N2CC(=O)N[C@H](C)C(=O)N[C@@H](C(C)C)C(=O)N[C@@H](CCSC)C(=O)N[C@@H](C)C(=O)N[C@H](Cc3ccccc3)C2)n1. The largest absolute Gasteiger partial charge is 0.496 e. The summed E-state index contributed by atoms with van der Waals surface area (Å²) in [5.41, 5.74) is 1.47. The molecule has 1 aliphatic rings. The van der Waals surface area contributed by atoms with E-state index in [1.54, 1.807) is 26.0 Å². The second-order valence-corrected chi connectivity index (χ2v) is 15.0. The molecule has 2 aromatic carbocycles. The van der Waals surface area contributed by atoms with E-state index in [0.717, 1.165) is 5.56 Å². The molecule has 1 aromatic heterocycles. The number of nitrogens with zero attached hydrogens (tertiary/aromatic N) is 3. The Balaban J connectivity index is 1.63. The van der Waals surface area contributed by atoms with Gasteiger partial charge in [0.2, 0.25) is 47.2 Å². The van der Waals surface area contributed by atoms with Crippen molar-refractivity contribution in [1.29, 1.82) is 0 Å². The summed E-state index contributed by atoms with van der Waals surface area (Å²) in [6, 6.07) is 11.6. The highest BCUT2D eigenvalue weighted by Gasteiger charge is 2.33. The first-order valence-corrected chi connectivity index (χ1v) is 20.0. The summed E-state index contributed by atoms with van der Waals surface area (Å²) < 4.78 is 10.9. The maximum atomic E-state index is 14.0. The molecule has 0 spiro atoms. The molecular formula is C39H52N8O8S. The fourth-order valence-electron chi connectivity index (χ4n) is 6.06. The van der Waals surface area contributed by atoms with Crippen LogP contribution in [0, 0.1) is 5.92 Å². The van der Waals surface area contributed by atoms with Crippen LogP contribution in [0.15, 0.2) is 59.1 Å². The predicted octanol–water partition coefficient (Wildman–Crippen LogP) is 1.64. The van der Waals surface area contributed by atoms with Crippen LogP contribution in [0.2, 0.25) is 0 Å². The topological polar surface area (TPSA) is 214 Å². The maximum Gasteiger partial charge on any atom is 0.243 e. The monoisotopic (exact) mass is 792 g/mol. The van der Waals surface area contributed by atoms with Crippen molar-refractivity contribution in [1.82, 2.24) is 41.6 Å². The van der Waals surface area contributed by atoms with Crippen LogP contribution >= 0.6 is 11.8 Å². The fourth-order valence-corrected chi connectivity index (χ4v) is 6.53. The van der Waals surface area contributed by atoms with Gasteiger partial charge in [-0.1, -0.05) is 61.5 Å². The van der Waals surface area contributed by atoms with E-state index in [1.165, 1.54) is 37.6 Å². The summed E-state index contributed by atoms with van der Waals surface area (Å²) in [4.78, 5) is 87.3. The Morgan fingerprint density at radius 3 is 2.27 bits per heavy atom. The van der Waals surface area contributed by atoms with Crippen molar-refractivity contribution in [3.8, 4) is 17.1 Å². The minimum Gasteiger partial charge on any atom is -0.496 e. The molecule has 0 saturated carbocycles. The van der Waals surface area contributed by atoms with Gasteiger partial charge < -0.3 is 40.7 Å². The molecule has 0 unspecified atom stereocenters. The quantitative estimate of drug-likeness (QED) is 0.188. The van der Waals surface area contributed by atoms with Gasteiger partial charge in [-0.2, -0.15) is 16.7 Å². The first kappa shape index (κ1) is 43.3. The summed E-state index contributed by atoms with van der Waals surface area (Å²) in [5.74, 6) is -2.19. The van der Waals surface area contributed by atoms with Gasteiger partial charge in [-0.05, 0) is 62.3 Å². The van der Waals surface area contributed by atoms with Crippen molar-refractivity contribution < 1.29 is 38.0 Å². The highest BCUT2D eigenvalue weighted by Crippen LogP contribution is 2.27. The third kappa shape index (κ3) is 12.5. The predicted molar refractivity (Wildman–Crippen MR) is 210 cm³/mol. The molecular weight excluding hydrogens is 741 g/mol. The second-order valence-electron chi connectivity index (χ2n) is 14.0. The molecule has 0 bridgehead atoms. The summed E-state index contributed by atoms with van der Waals surface area (Å²) in [6.07, 6.45) is 2.35. The molecule has 1 aliphatic heterocycles. The molecule has 0 radical (unpaired) electrons. The molecule has 0 aliphatic carbocycles. The van der Waals surface area contributed by atoms with Crippen LogP contribution in [0.1, 0.15) is 52.0 Å². The fraction of sp³-hybridized carbons (Fsp3) is 0.487. The van der Waals surface area contributed by atoms with E-state index in [4.69, 9.17) is 9.26 Å².